The number of nitrogens with one attached hydrogen (secondary N) is 1. The molecule has 1 heterocycles. The number of methoxy groups -OCH3 is 2. The second kappa shape index (κ2) is 10.5. The zero-order chi connectivity index (χ0) is 20.6. The predicted octanol–water partition coefficient (Wildman–Crippen LogP) is 3.95. The average molecular weight is 415 g/mol. The Labute approximate surface area is 179 Å². The number of rotatable bonds is 8. The van der Waals surface area contributed by atoms with Crippen LogP contribution in [0.5, 0.6) is 11.5 Å². The van der Waals surface area contributed by atoms with Crippen molar-refractivity contribution in [2.45, 2.75) is 25.8 Å². The van der Waals surface area contributed by atoms with Crippen molar-refractivity contribution < 1.29 is 14.2 Å². The molecule has 1 aliphatic heterocycles. The van der Waals surface area contributed by atoms with Gasteiger partial charge in [-0.2, -0.15) is 0 Å². The predicted molar refractivity (Wildman–Crippen MR) is 120 cm³/mol. The van der Waals surface area contributed by atoms with Crippen LogP contribution in [-0.2, 0) is 11.2 Å². The van der Waals surface area contributed by atoms with Gasteiger partial charge in [0.1, 0.15) is 0 Å². The van der Waals surface area contributed by atoms with Crippen LogP contribution in [0.1, 0.15) is 36.1 Å². The summed E-state index contributed by atoms with van der Waals surface area (Å²) in [7, 11) is 3.35. The van der Waals surface area contributed by atoms with Crippen LogP contribution in [0, 0.1) is 0 Å². The van der Waals surface area contributed by atoms with Gasteiger partial charge in [-0.05, 0) is 60.8 Å². The van der Waals surface area contributed by atoms with Crippen molar-refractivity contribution in [2.24, 2.45) is 0 Å². The zero-order valence-electron chi connectivity index (χ0n) is 17.4. The standard InChI is InChI=1S/C23H30N2O3S/c1-4-28-14-8-12-24-23(29)25-13-11-18-15-20(26-2)21(27-3)16-19(18)22(25)17-9-6-5-7-10-17/h5-7,9-10,15-16,22H,4,8,11-14H2,1-3H3,(H,24,29). The summed E-state index contributed by atoms with van der Waals surface area (Å²) in [6.07, 6.45) is 1.83. The fourth-order valence-corrected chi connectivity index (χ4v) is 4.07. The number of ether oxygens (including phenoxy) is 3. The lowest BCUT2D eigenvalue weighted by Gasteiger charge is -2.39. The summed E-state index contributed by atoms with van der Waals surface area (Å²) in [4.78, 5) is 2.28. The summed E-state index contributed by atoms with van der Waals surface area (Å²) in [6.45, 7) is 5.15. The molecule has 0 aromatic heterocycles. The third-order valence-electron chi connectivity index (χ3n) is 5.20. The Kier molecular flexibility index (Phi) is 7.72. The molecule has 0 bridgehead atoms. The molecule has 2 aromatic rings. The maximum absolute atomic E-state index is 5.79. The Morgan fingerprint density at radius 3 is 2.55 bits per heavy atom. The van der Waals surface area contributed by atoms with E-state index >= 15 is 0 Å². The van der Waals surface area contributed by atoms with Crippen molar-refractivity contribution in [1.82, 2.24) is 10.2 Å². The molecule has 0 radical (unpaired) electrons. The van der Waals surface area contributed by atoms with Crippen LogP contribution < -0.4 is 14.8 Å². The van der Waals surface area contributed by atoms with Gasteiger partial charge in [0, 0.05) is 26.3 Å². The van der Waals surface area contributed by atoms with Crippen LogP contribution in [0.25, 0.3) is 0 Å². The molecule has 3 rings (SSSR count). The largest absolute Gasteiger partial charge is 0.493 e. The maximum atomic E-state index is 5.79. The maximum Gasteiger partial charge on any atom is 0.169 e. The third-order valence-corrected chi connectivity index (χ3v) is 5.57. The van der Waals surface area contributed by atoms with Crippen LogP contribution in [0.2, 0.25) is 0 Å². The molecule has 1 atom stereocenters. The van der Waals surface area contributed by atoms with E-state index in [0.29, 0.717) is 0 Å². The fraction of sp³-hybridized carbons (Fsp3) is 0.435. The van der Waals surface area contributed by atoms with E-state index in [4.69, 9.17) is 26.4 Å². The molecule has 0 aliphatic carbocycles. The second-order valence-corrected chi connectivity index (χ2v) is 7.33. The van der Waals surface area contributed by atoms with Crippen LogP contribution in [-0.4, -0.2) is 50.5 Å². The molecule has 2 aromatic carbocycles. The first-order valence-electron chi connectivity index (χ1n) is 10.1. The molecule has 0 amide bonds. The minimum Gasteiger partial charge on any atom is -0.493 e. The third kappa shape index (κ3) is 5.00. The lowest BCUT2D eigenvalue weighted by atomic mass is 9.88. The van der Waals surface area contributed by atoms with E-state index in [1.807, 2.05) is 13.0 Å². The number of hydrogen-bond acceptors (Lipinski definition) is 4. The van der Waals surface area contributed by atoms with Crippen molar-refractivity contribution in [3.8, 4) is 11.5 Å². The molecule has 29 heavy (non-hydrogen) atoms. The second-order valence-electron chi connectivity index (χ2n) is 6.95. The molecule has 0 fully saturated rings. The minimum atomic E-state index is 0.0339. The lowest BCUT2D eigenvalue weighted by molar-refractivity contribution is 0.145. The van der Waals surface area contributed by atoms with Crippen molar-refractivity contribution in [1.29, 1.82) is 0 Å². The minimum absolute atomic E-state index is 0.0339. The molecular weight excluding hydrogens is 384 g/mol. The highest BCUT2D eigenvalue weighted by atomic mass is 32.1. The lowest BCUT2D eigenvalue weighted by Crippen LogP contribution is -2.46. The normalized spacial score (nSPS) is 15.6. The molecule has 0 saturated carbocycles. The van der Waals surface area contributed by atoms with E-state index in [9.17, 15) is 0 Å². The molecule has 0 saturated heterocycles. The Morgan fingerprint density at radius 2 is 1.86 bits per heavy atom. The van der Waals surface area contributed by atoms with Gasteiger partial charge in [0.2, 0.25) is 0 Å². The van der Waals surface area contributed by atoms with E-state index < -0.39 is 0 Å². The van der Waals surface area contributed by atoms with Crippen LogP contribution >= 0.6 is 12.2 Å². The number of thiocarbonyl (C=S) groups is 1. The Balaban J connectivity index is 1.89. The summed E-state index contributed by atoms with van der Waals surface area (Å²) in [5, 5.41) is 4.19. The topological polar surface area (TPSA) is 43.0 Å². The number of fused-ring (bicyclic) bond motifs is 1. The number of hydrogen-bond donors (Lipinski definition) is 1. The molecule has 1 N–H and O–H groups in total. The van der Waals surface area contributed by atoms with Gasteiger partial charge < -0.3 is 24.4 Å². The van der Waals surface area contributed by atoms with Crippen molar-refractivity contribution >= 4 is 17.3 Å². The smallest absolute Gasteiger partial charge is 0.169 e. The van der Waals surface area contributed by atoms with Gasteiger partial charge in [-0.3, -0.25) is 0 Å². The fourth-order valence-electron chi connectivity index (χ4n) is 3.77. The quantitative estimate of drug-likeness (QED) is 0.521. The van der Waals surface area contributed by atoms with Gasteiger partial charge in [-0.15, -0.1) is 0 Å². The Hall–Kier alpha value is -2.31. The van der Waals surface area contributed by atoms with Crippen LogP contribution in [0.15, 0.2) is 42.5 Å². The van der Waals surface area contributed by atoms with Crippen molar-refractivity contribution in [3.05, 3.63) is 59.2 Å². The van der Waals surface area contributed by atoms with E-state index in [0.717, 1.165) is 55.8 Å². The molecule has 5 nitrogen and oxygen atoms in total. The van der Waals surface area contributed by atoms with E-state index in [1.54, 1.807) is 14.2 Å². The number of benzene rings is 2. The van der Waals surface area contributed by atoms with Crippen molar-refractivity contribution in [2.75, 3.05) is 40.5 Å². The molecule has 1 aliphatic rings. The van der Waals surface area contributed by atoms with Crippen molar-refractivity contribution in [3.63, 3.8) is 0 Å². The highest BCUT2D eigenvalue weighted by Gasteiger charge is 2.31. The summed E-state index contributed by atoms with van der Waals surface area (Å²) in [6, 6.07) is 14.7. The highest BCUT2D eigenvalue weighted by Crippen LogP contribution is 2.40. The molecule has 156 valence electrons. The first-order valence-corrected chi connectivity index (χ1v) is 10.5. The average Bonchev–Trinajstić information content (AvgIpc) is 2.77. The van der Waals surface area contributed by atoms with Crippen LogP contribution in [0.4, 0.5) is 0 Å². The summed E-state index contributed by atoms with van der Waals surface area (Å²) >= 11 is 5.79. The van der Waals surface area contributed by atoms with Crippen LogP contribution in [0.3, 0.4) is 0 Å². The number of nitrogens with zero attached hydrogens (tertiary/aromatic N) is 1. The Bertz CT molecular complexity index is 813. The molecule has 1 unspecified atom stereocenters. The van der Waals surface area contributed by atoms with E-state index in [2.05, 4.69) is 46.6 Å². The highest BCUT2D eigenvalue weighted by molar-refractivity contribution is 7.80. The zero-order valence-corrected chi connectivity index (χ0v) is 18.3. The first-order chi connectivity index (χ1) is 14.2. The molecule has 6 heteroatoms. The summed E-state index contributed by atoms with van der Waals surface area (Å²) in [5.74, 6) is 1.51. The van der Waals surface area contributed by atoms with Gasteiger partial charge in [-0.25, -0.2) is 0 Å². The summed E-state index contributed by atoms with van der Waals surface area (Å²) < 4.78 is 16.5. The summed E-state index contributed by atoms with van der Waals surface area (Å²) in [5.41, 5.74) is 3.68. The van der Waals surface area contributed by atoms with Gasteiger partial charge in [0.15, 0.2) is 16.6 Å². The van der Waals surface area contributed by atoms with E-state index in [1.165, 1.54) is 16.7 Å². The first kappa shape index (κ1) is 21.4. The van der Waals surface area contributed by atoms with Gasteiger partial charge in [0.25, 0.3) is 0 Å². The molecule has 0 spiro atoms. The van der Waals surface area contributed by atoms with E-state index in [-0.39, 0.29) is 6.04 Å². The van der Waals surface area contributed by atoms with Gasteiger partial charge in [0.05, 0.1) is 20.3 Å². The Morgan fingerprint density at radius 1 is 1.14 bits per heavy atom. The monoisotopic (exact) mass is 414 g/mol. The SMILES string of the molecule is CCOCCCNC(=S)N1CCc2cc(OC)c(OC)cc2C1c1ccccc1. The molecular formula is C23H30N2O3S. The van der Waals surface area contributed by atoms with Gasteiger partial charge >= 0.3 is 0 Å². The van der Waals surface area contributed by atoms with Gasteiger partial charge in [-0.1, -0.05) is 30.3 Å².